The van der Waals surface area contributed by atoms with Crippen molar-refractivity contribution in [2.45, 2.75) is 20.4 Å². The minimum atomic E-state index is -1.28. The molecule has 0 radical (unpaired) electrons. The maximum Gasteiger partial charge on any atom is 0.194 e. The number of hydrogen-bond acceptors (Lipinski definition) is 0. The average Bonchev–Trinajstić information content (AvgIpc) is 2.28. The van der Waals surface area contributed by atoms with Gasteiger partial charge < -0.3 is 0 Å². The van der Waals surface area contributed by atoms with Gasteiger partial charge in [0.15, 0.2) is 7.59 Å². The molecule has 0 aliphatic heterocycles. The van der Waals surface area contributed by atoms with E-state index in [1.165, 1.54) is 0 Å². The van der Waals surface area contributed by atoms with Crippen LogP contribution in [0.1, 0.15) is 24.0 Å². The number of halogens is 6. The van der Waals surface area contributed by atoms with Gasteiger partial charge in [0.1, 0.15) is 0 Å². The molecule has 0 N–H and O–H groups in total. The summed E-state index contributed by atoms with van der Waals surface area (Å²) in [5, 5.41) is 0. The van der Waals surface area contributed by atoms with Crippen molar-refractivity contribution in [1.82, 2.24) is 0 Å². The van der Waals surface area contributed by atoms with E-state index in [4.69, 9.17) is 69.6 Å². The zero-order valence-electron chi connectivity index (χ0n) is 10.3. The second-order valence-corrected chi connectivity index (χ2v) is 9.10. The predicted octanol–water partition coefficient (Wildman–Crippen LogP) is 7.23. The van der Waals surface area contributed by atoms with E-state index in [9.17, 15) is 0 Å². The van der Waals surface area contributed by atoms with Crippen LogP contribution < -0.4 is 0 Å². The second-order valence-electron chi connectivity index (χ2n) is 4.07. The van der Waals surface area contributed by atoms with Crippen molar-refractivity contribution in [1.29, 1.82) is 0 Å². The van der Waals surface area contributed by atoms with E-state index in [0.717, 1.165) is 11.1 Å². The minimum Gasteiger partial charge on any atom is -0.0833 e. The van der Waals surface area contributed by atoms with E-state index >= 15 is 0 Å². The molecule has 1 aromatic carbocycles. The van der Waals surface area contributed by atoms with Crippen LogP contribution in [0.3, 0.4) is 0 Å². The van der Waals surface area contributed by atoms with Gasteiger partial charge in [-0.3, -0.25) is 0 Å². The summed E-state index contributed by atoms with van der Waals surface area (Å²) in [6.45, 7) is 0. The third-order valence-corrected chi connectivity index (χ3v) is 3.22. The number of allylic oxidation sites excluding steroid dienone is 2. The van der Waals surface area contributed by atoms with Crippen LogP contribution in [0.5, 0.6) is 0 Å². The van der Waals surface area contributed by atoms with Crippen LogP contribution in [0.25, 0.3) is 12.2 Å². The summed E-state index contributed by atoms with van der Waals surface area (Å²) >= 11 is 34.2. The normalized spacial score (nSPS) is 13.5. The predicted molar refractivity (Wildman–Crippen MR) is 94.3 cm³/mol. The quantitative estimate of drug-likeness (QED) is 0.474. The molecule has 0 aliphatic carbocycles. The standard InChI is InChI=1S/C14H12Cl6/c15-13(16,17)9-3-7-11-5-1-2-6-12(11)8-4-10-14(18,19)20/h1-8H,9-10H2/b7-3-,8-4-. The van der Waals surface area contributed by atoms with Crippen molar-refractivity contribution in [3.8, 4) is 0 Å². The first-order chi connectivity index (χ1) is 9.17. The Morgan fingerprint density at radius 1 is 0.700 bits per heavy atom. The highest BCUT2D eigenvalue weighted by Gasteiger charge is 2.17. The monoisotopic (exact) mass is 390 g/mol. The largest absolute Gasteiger partial charge is 0.194 e. The van der Waals surface area contributed by atoms with Crippen molar-refractivity contribution >= 4 is 81.8 Å². The Balaban J connectivity index is 2.78. The van der Waals surface area contributed by atoms with Gasteiger partial charge in [0.2, 0.25) is 0 Å². The molecule has 0 saturated carbocycles. The van der Waals surface area contributed by atoms with Crippen LogP contribution in [0, 0.1) is 0 Å². The van der Waals surface area contributed by atoms with Gasteiger partial charge in [-0.2, -0.15) is 0 Å². The van der Waals surface area contributed by atoms with Gasteiger partial charge in [-0.15, -0.1) is 0 Å². The van der Waals surface area contributed by atoms with Crippen molar-refractivity contribution in [2.24, 2.45) is 0 Å². The Morgan fingerprint density at radius 2 is 1.05 bits per heavy atom. The average molecular weight is 393 g/mol. The van der Waals surface area contributed by atoms with Crippen LogP contribution in [-0.2, 0) is 0 Å². The second kappa shape index (κ2) is 8.17. The van der Waals surface area contributed by atoms with E-state index in [0.29, 0.717) is 12.8 Å². The van der Waals surface area contributed by atoms with Gasteiger partial charge >= 0.3 is 0 Å². The highest BCUT2D eigenvalue weighted by atomic mass is 35.6. The molecule has 0 heterocycles. The Kier molecular flexibility index (Phi) is 7.56. The fourth-order valence-corrected chi connectivity index (χ4v) is 1.99. The lowest BCUT2D eigenvalue weighted by atomic mass is 10.1. The molecule has 20 heavy (non-hydrogen) atoms. The Labute approximate surface area is 149 Å². The van der Waals surface area contributed by atoms with E-state index in [2.05, 4.69) is 0 Å². The lowest BCUT2D eigenvalue weighted by Crippen LogP contribution is -1.98. The first kappa shape index (κ1) is 18.5. The van der Waals surface area contributed by atoms with Gasteiger partial charge in [0.25, 0.3) is 0 Å². The van der Waals surface area contributed by atoms with Crippen LogP contribution in [-0.4, -0.2) is 7.59 Å². The van der Waals surface area contributed by atoms with Gasteiger partial charge in [-0.25, -0.2) is 0 Å². The molecule has 0 spiro atoms. The van der Waals surface area contributed by atoms with Crippen molar-refractivity contribution in [3.63, 3.8) is 0 Å². The van der Waals surface area contributed by atoms with E-state index < -0.39 is 7.59 Å². The van der Waals surface area contributed by atoms with Crippen LogP contribution in [0.4, 0.5) is 0 Å². The maximum atomic E-state index is 5.69. The van der Waals surface area contributed by atoms with Crippen molar-refractivity contribution in [3.05, 3.63) is 47.5 Å². The van der Waals surface area contributed by atoms with Crippen LogP contribution in [0.2, 0.25) is 0 Å². The summed E-state index contributed by atoms with van der Waals surface area (Å²) in [6, 6.07) is 7.79. The lowest BCUT2D eigenvalue weighted by Gasteiger charge is -2.07. The zero-order valence-corrected chi connectivity index (χ0v) is 14.8. The first-order valence-corrected chi connectivity index (χ1v) is 8.00. The Hall–Kier alpha value is 0.440. The van der Waals surface area contributed by atoms with Crippen molar-refractivity contribution < 1.29 is 0 Å². The Morgan fingerprint density at radius 3 is 1.35 bits per heavy atom. The fraction of sp³-hybridized carbons (Fsp3) is 0.286. The molecule has 0 amide bonds. The summed E-state index contributed by atoms with van der Waals surface area (Å²) in [4.78, 5) is 0. The van der Waals surface area contributed by atoms with Crippen LogP contribution >= 0.6 is 69.6 Å². The number of hydrogen-bond donors (Lipinski definition) is 0. The summed E-state index contributed by atoms with van der Waals surface area (Å²) in [7, 11) is 0. The molecule has 110 valence electrons. The molecule has 6 heteroatoms. The van der Waals surface area contributed by atoms with Gasteiger partial charge in [-0.1, -0.05) is 118 Å². The molecule has 0 fully saturated rings. The third kappa shape index (κ3) is 8.67. The van der Waals surface area contributed by atoms with Gasteiger partial charge in [0, 0.05) is 12.8 Å². The highest BCUT2D eigenvalue weighted by Crippen LogP contribution is 2.31. The molecule has 0 atom stereocenters. The minimum absolute atomic E-state index is 0.337. The van der Waals surface area contributed by atoms with Crippen LogP contribution in [0.15, 0.2) is 36.4 Å². The number of alkyl halides is 6. The maximum absolute atomic E-state index is 5.69. The van der Waals surface area contributed by atoms with E-state index in [1.807, 2.05) is 48.6 Å². The number of benzene rings is 1. The lowest BCUT2D eigenvalue weighted by molar-refractivity contribution is 1.08. The summed E-state index contributed by atoms with van der Waals surface area (Å²) in [6.07, 6.45) is 8.10. The third-order valence-electron chi connectivity index (χ3n) is 2.29. The molecular weight excluding hydrogens is 381 g/mol. The molecule has 0 unspecified atom stereocenters. The topological polar surface area (TPSA) is 0 Å². The molecule has 1 rings (SSSR count). The Bertz CT molecular complexity index is 434. The van der Waals surface area contributed by atoms with Gasteiger partial charge in [-0.05, 0) is 11.1 Å². The molecule has 0 bridgehead atoms. The van der Waals surface area contributed by atoms with Crippen molar-refractivity contribution in [2.75, 3.05) is 0 Å². The molecule has 1 aromatic rings. The molecule has 0 saturated heterocycles. The molecular formula is C14H12Cl6. The molecule has 0 nitrogen and oxygen atoms in total. The van der Waals surface area contributed by atoms with Gasteiger partial charge in [0.05, 0.1) is 0 Å². The highest BCUT2D eigenvalue weighted by molar-refractivity contribution is 6.68. The fourth-order valence-electron chi connectivity index (χ4n) is 1.45. The first-order valence-electron chi connectivity index (χ1n) is 5.73. The SMILES string of the molecule is ClC(Cl)(Cl)C/C=C\c1ccccc1/C=C\CC(Cl)(Cl)Cl. The smallest absolute Gasteiger partial charge is 0.0833 e. The molecule has 0 aliphatic rings. The summed E-state index contributed by atoms with van der Waals surface area (Å²) in [5.41, 5.74) is 2.00. The summed E-state index contributed by atoms with van der Waals surface area (Å²) in [5.74, 6) is 0. The zero-order chi connectivity index (χ0) is 15.2. The van der Waals surface area contributed by atoms with E-state index in [1.54, 1.807) is 0 Å². The molecule has 0 aromatic heterocycles. The number of rotatable bonds is 4. The van der Waals surface area contributed by atoms with E-state index in [-0.39, 0.29) is 0 Å². The summed E-state index contributed by atoms with van der Waals surface area (Å²) < 4.78 is -2.56.